The third-order valence-corrected chi connectivity index (χ3v) is 6.27. The first-order valence-corrected chi connectivity index (χ1v) is 11.3. The summed E-state index contributed by atoms with van der Waals surface area (Å²) in [6, 6.07) is 13.8. The zero-order valence-electron chi connectivity index (χ0n) is 18.1. The van der Waals surface area contributed by atoms with E-state index in [1.165, 1.54) is 5.56 Å². The van der Waals surface area contributed by atoms with Crippen molar-refractivity contribution in [3.05, 3.63) is 82.0 Å². The van der Waals surface area contributed by atoms with E-state index in [9.17, 15) is 0 Å². The summed E-state index contributed by atoms with van der Waals surface area (Å²) in [5.74, 6) is 2.24. The third-order valence-electron chi connectivity index (χ3n) is 5.83. The largest absolute Gasteiger partial charge is 0.494 e. The Morgan fingerprint density at radius 3 is 2.61 bits per heavy atom. The maximum Gasteiger partial charge on any atom is 0.229 e. The Labute approximate surface area is 201 Å². The minimum atomic E-state index is 0.204. The molecule has 0 bridgehead atoms. The molecule has 2 aromatic heterocycles. The summed E-state index contributed by atoms with van der Waals surface area (Å²) < 4.78 is 7.41. The van der Waals surface area contributed by atoms with E-state index in [2.05, 4.69) is 27.8 Å². The highest BCUT2D eigenvalue weighted by molar-refractivity contribution is 6.30. The van der Waals surface area contributed by atoms with Gasteiger partial charge in [-0.2, -0.15) is 4.98 Å². The Hall–Kier alpha value is -3.29. The van der Waals surface area contributed by atoms with E-state index in [-0.39, 0.29) is 5.92 Å². The number of fused-ring (bicyclic) bond motifs is 1. The average molecular weight is 481 g/mol. The lowest BCUT2D eigenvalue weighted by Gasteiger charge is -2.16. The molecule has 1 atom stereocenters. The van der Waals surface area contributed by atoms with Crippen LogP contribution in [0.3, 0.4) is 0 Å². The van der Waals surface area contributed by atoms with Crippen LogP contribution in [-0.4, -0.2) is 33.7 Å². The van der Waals surface area contributed by atoms with Crippen molar-refractivity contribution in [1.82, 2.24) is 19.5 Å². The molecule has 9 heteroatoms. The van der Waals surface area contributed by atoms with Crippen LogP contribution in [0.5, 0.6) is 5.75 Å². The number of imidazole rings is 1. The van der Waals surface area contributed by atoms with Gasteiger partial charge in [0.15, 0.2) is 0 Å². The zero-order valence-corrected chi connectivity index (χ0v) is 19.7. The molecule has 0 aliphatic heterocycles. The van der Waals surface area contributed by atoms with Crippen molar-refractivity contribution in [2.75, 3.05) is 24.8 Å². The molecule has 4 aromatic rings. The van der Waals surface area contributed by atoms with Gasteiger partial charge in [0.25, 0.3) is 0 Å². The van der Waals surface area contributed by atoms with Crippen LogP contribution in [0.15, 0.2) is 55.0 Å². The molecule has 0 spiro atoms. The lowest BCUT2D eigenvalue weighted by atomic mass is 9.97. The van der Waals surface area contributed by atoms with Crippen LogP contribution in [-0.2, 0) is 6.42 Å². The fraction of sp³-hybridized carbons (Fsp3) is 0.208. The molecule has 2 N–H and O–H groups in total. The third kappa shape index (κ3) is 4.21. The number of ether oxygens (including phenoxy) is 1. The second-order valence-corrected chi connectivity index (χ2v) is 8.59. The van der Waals surface area contributed by atoms with E-state index in [1.54, 1.807) is 19.6 Å². The molecule has 0 saturated carbocycles. The maximum absolute atomic E-state index is 6.09. The number of methoxy groups -OCH3 is 1. The van der Waals surface area contributed by atoms with Crippen LogP contribution >= 0.6 is 23.2 Å². The van der Waals surface area contributed by atoms with Crippen molar-refractivity contribution in [3.63, 3.8) is 0 Å². The number of hydrogen-bond acceptors (Lipinski definition) is 6. The van der Waals surface area contributed by atoms with Crippen LogP contribution in [0.25, 0.3) is 5.69 Å². The molecule has 7 nitrogen and oxygen atoms in total. The lowest BCUT2D eigenvalue weighted by Crippen LogP contribution is -2.08. The first-order valence-electron chi connectivity index (χ1n) is 10.5. The summed E-state index contributed by atoms with van der Waals surface area (Å²) in [6.45, 7) is 0. The highest BCUT2D eigenvalue weighted by Crippen LogP contribution is 2.40. The van der Waals surface area contributed by atoms with E-state index in [0.29, 0.717) is 16.9 Å². The first-order chi connectivity index (χ1) is 16.1. The van der Waals surface area contributed by atoms with Gasteiger partial charge in [0.2, 0.25) is 5.95 Å². The predicted octanol–water partition coefficient (Wildman–Crippen LogP) is 5.84. The molecule has 2 heterocycles. The molecule has 2 aromatic carbocycles. The summed E-state index contributed by atoms with van der Waals surface area (Å²) in [5, 5.41) is 7.71. The SMILES string of the molecule is CNc1nc(Nc2ccc(-n3cnc(Cl)c3)c(OC)c2)nc2c1CC[C@H]2c1ccc(Cl)cc1. The van der Waals surface area contributed by atoms with E-state index < -0.39 is 0 Å². The Morgan fingerprint density at radius 1 is 1.09 bits per heavy atom. The van der Waals surface area contributed by atoms with Gasteiger partial charge in [-0.15, -0.1) is 0 Å². The monoisotopic (exact) mass is 480 g/mol. The molecule has 0 radical (unpaired) electrons. The number of aromatic nitrogens is 4. The Bertz CT molecular complexity index is 1310. The van der Waals surface area contributed by atoms with Crippen LogP contribution in [0.2, 0.25) is 10.2 Å². The summed E-state index contributed by atoms with van der Waals surface area (Å²) in [6.07, 6.45) is 5.29. The molecule has 33 heavy (non-hydrogen) atoms. The molecule has 0 amide bonds. The van der Waals surface area contributed by atoms with E-state index >= 15 is 0 Å². The topological polar surface area (TPSA) is 76.9 Å². The number of anilines is 3. The molecule has 0 unspecified atom stereocenters. The molecule has 1 aliphatic carbocycles. The summed E-state index contributed by atoms with van der Waals surface area (Å²) in [7, 11) is 3.51. The molecule has 168 valence electrons. The number of benzene rings is 2. The first kappa shape index (κ1) is 21.6. The Kier molecular flexibility index (Phi) is 5.83. The molecule has 0 fully saturated rings. The standard InChI is InChI=1S/C24H22Cl2N6O/c1-27-23-18-9-8-17(14-3-5-15(25)6-4-14)22(18)30-24(31-23)29-16-7-10-19(20(11-16)33-2)32-12-21(26)28-13-32/h3-7,10-13,17H,8-9H2,1-2H3,(H2,27,29,30,31)/t17-/m0/s1. The molecule has 5 rings (SSSR count). The molecular formula is C24H22Cl2N6O. The number of halogens is 2. The molecule has 0 saturated heterocycles. The summed E-state index contributed by atoms with van der Waals surface area (Å²) >= 11 is 12.1. The van der Waals surface area contributed by atoms with Crippen molar-refractivity contribution in [3.8, 4) is 11.4 Å². The van der Waals surface area contributed by atoms with Gasteiger partial charge < -0.3 is 19.9 Å². The van der Waals surface area contributed by atoms with E-state index in [1.807, 2.05) is 41.9 Å². The van der Waals surface area contributed by atoms with Crippen LogP contribution in [0.4, 0.5) is 17.5 Å². The van der Waals surface area contributed by atoms with E-state index in [4.69, 9.17) is 37.9 Å². The second-order valence-electron chi connectivity index (χ2n) is 7.77. The number of hydrogen-bond donors (Lipinski definition) is 2. The average Bonchev–Trinajstić information content (AvgIpc) is 3.45. The lowest BCUT2D eigenvalue weighted by molar-refractivity contribution is 0.413. The fourth-order valence-corrected chi connectivity index (χ4v) is 4.55. The highest BCUT2D eigenvalue weighted by Gasteiger charge is 2.29. The van der Waals surface area contributed by atoms with Gasteiger partial charge in [-0.3, -0.25) is 0 Å². The highest BCUT2D eigenvalue weighted by atomic mass is 35.5. The normalized spacial score (nSPS) is 14.7. The van der Waals surface area contributed by atoms with Crippen molar-refractivity contribution < 1.29 is 4.74 Å². The predicted molar refractivity (Wildman–Crippen MR) is 132 cm³/mol. The van der Waals surface area contributed by atoms with Crippen LogP contribution in [0.1, 0.15) is 29.2 Å². The van der Waals surface area contributed by atoms with Crippen LogP contribution in [0, 0.1) is 0 Å². The number of nitrogens with zero attached hydrogens (tertiary/aromatic N) is 4. The summed E-state index contributed by atoms with van der Waals surface area (Å²) in [4.78, 5) is 13.7. The van der Waals surface area contributed by atoms with E-state index in [0.717, 1.165) is 46.3 Å². The van der Waals surface area contributed by atoms with Crippen molar-refractivity contribution in [2.24, 2.45) is 0 Å². The minimum absolute atomic E-state index is 0.204. The number of nitrogens with one attached hydrogen (secondary N) is 2. The Balaban J connectivity index is 1.48. The zero-order chi connectivity index (χ0) is 22.9. The van der Waals surface area contributed by atoms with Crippen molar-refractivity contribution in [1.29, 1.82) is 0 Å². The summed E-state index contributed by atoms with van der Waals surface area (Å²) in [5.41, 5.74) is 5.04. The van der Waals surface area contributed by atoms with Gasteiger partial charge in [-0.25, -0.2) is 9.97 Å². The van der Waals surface area contributed by atoms with Gasteiger partial charge in [0.05, 0.1) is 18.5 Å². The minimum Gasteiger partial charge on any atom is -0.494 e. The fourth-order valence-electron chi connectivity index (χ4n) is 4.27. The van der Waals surface area contributed by atoms with Gasteiger partial charge in [0.1, 0.15) is 23.0 Å². The molecular weight excluding hydrogens is 459 g/mol. The van der Waals surface area contributed by atoms with Gasteiger partial charge >= 0.3 is 0 Å². The maximum atomic E-state index is 6.09. The van der Waals surface area contributed by atoms with Gasteiger partial charge in [-0.1, -0.05) is 35.3 Å². The van der Waals surface area contributed by atoms with Crippen molar-refractivity contribution >= 4 is 40.7 Å². The van der Waals surface area contributed by atoms with Gasteiger partial charge in [-0.05, 0) is 42.7 Å². The smallest absolute Gasteiger partial charge is 0.229 e. The quantitative estimate of drug-likeness (QED) is 0.360. The number of rotatable bonds is 6. The van der Waals surface area contributed by atoms with Crippen LogP contribution < -0.4 is 15.4 Å². The Morgan fingerprint density at radius 2 is 1.91 bits per heavy atom. The van der Waals surface area contributed by atoms with Gasteiger partial charge in [0, 0.05) is 41.5 Å². The van der Waals surface area contributed by atoms with Crippen molar-refractivity contribution in [2.45, 2.75) is 18.8 Å². The second kappa shape index (κ2) is 8.92. The molecule has 1 aliphatic rings.